The summed E-state index contributed by atoms with van der Waals surface area (Å²) in [5, 5.41) is 3.81. The highest BCUT2D eigenvalue weighted by Gasteiger charge is 2.30. The Morgan fingerprint density at radius 1 is 1.48 bits per heavy atom. The van der Waals surface area contributed by atoms with E-state index in [4.69, 9.17) is 15.0 Å². The van der Waals surface area contributed by atoms with E-state index in [-0.39, 0.29) is 36.4 Å². The SMILES string of the molecule is COC(C)c1noc(CN(C)C(=O)[C@@H](N)C(C)(C)C)n1.Cl. The van der Waals surface area contributed by atoms with E-state index in [0.717, 1.165) is 0 Å². The summed E-state index contributed by atoms with van der Waals surface area (Å²) in [4.78, 5) is 17.9. The van der Waals surface area contributed by atoms with Gasteiger partial charge in [0.05, 0.1) is 12.6 Å². The summed E-state index contributed by atoms with van der Waals surface area (Å²) in [6, 6.07) is -0.576. The Hall–Kier alpha value is -1.18. The second-order valence-electron chi connectivity index (χ2n) is 5.96. The molecule has 0 aromatic carbocycles. The molecule has 1 unspecified atom stereocenters. The minimum Gasteiger partial charge on any atom is -0.374 e. The second-order valence-corrected chi connectivity index (χ2v) is 5.96. The quantitative estimate of drug-likeness (QED) is 0.884. The molecule has 1 aromatic heterocycles. The first-order chi connectivity index (χ1) is 9.16. The largest absolute Gasteiger partial charge is 0.374 e. The van der Waals surface area contributed by atoms with E-state index < -0.39 is 6.04 Å². The van der Waals surface area contributed by atoms with E-state index in [1.54, 1.807) is 14.2 Å². The molecule has 7 nitrogen and oxygen atoms in total. The number of halogens is 1. The maximum absolute atomic E-state index is 12.2. The van der Waals surface area contributed by atoms with Crippen molar-refractivity contribution in [1.29, 1.82) is 0 Å². The second kappa shape index (κ2) is 7.72. The van der Waals surface area contributed by atoms with E-state index in [1.807, 2.05) is 27.7 Å². The molecule has 0 saturated heterocycles. The molecule has 0 aliphatic heterocycles. The highest BCUT2D eigenvalue weighted by atomic mass is 35.5. The van der Waals surface area contributed by atoms with Crippen molar-refractivity contribution in [2.75, 3.05) is 14.2 Å². The molecule has 2 N–H and O–H groups in total. The van der Waals surface area contributed by atoms with Gasteiger partial charge in [-0.3, -0.25) is 4.79 Å². The van der Waals surface area contributed by atoms with Crippen molar-refractivity contribution in [2.24, 2.45) is 11.1 Å². The number of likely N-dealkylation sites (N-methyl/N-ethyl adjacent to an activating group) is 1. The molecular weight excluding hydrogens is 296 g/mol. The molecule has 0 spiro atoms. The van der Waals surface area contributed by atoms with Crippen LogP contribution in [0.5, 0.6) is 0 Å². The van der Waals surface area contributed by atoms with E-state index in [1.165, 1.54) is 4.90 Å². The third kappa shape index (κ3) is 5.26. The molecule has 0 aliphatic rings. The number of nitrogens with two attached hydrogens (primary N) is 1. The van der Waals surface area contributed by atoms with Crippen molar-refractivity contribution < 1.29 is 14.1 Å². The monoisotopic (exact) mass is 320 g/mol. The summed E-state index contributed by atoms with van der Waals surface area (Å²) in [7, 11) is 3.23. The van der Waals surface area contributed by atoms with E-state index in [2.05, 4.69) is 10.1 Å². The fourth-order valence-corrected chi connectivity index (χ4v) is 1.49. The normalized spacial score (nSPS) is 14.2. The average molecular weight is 321 g/mol. The highest BCUT2D eigenvalue weighted by molar-refractivity contribution is 5.85. The molecular formula is C13H25ClN4O3. The maximum Gasteiger partial charge on any atom is 0.246 e. The fourth-order valence-electron chi connectivity index (χ4n) is 1.49. The van der Waals surface area contributed by atoms with Crippen molar-refractivity contribution in [3.8, 4) is 0 Å². The molecule has 1 rings (SSSR count). The van der Waals surface area contributed by atoms with Gasteiger partial charge in [-0.05, 0) is 12.3 Å². The topological polar surface area (TPSA) is 94.5 Å². The molecule has 1 heterocycles. The summed E-state index contributed by atoms with van der Waals surface area (Å²) < 4.78 is 10.2. The number of hydrogen-bond donors (Lipinski definition) is 1. The third-order valence-electron chi connectivity index (χ3n) is 3.15. The van der Waals surface area contributed by atoms with Crippen LogP contribution in [0, 0.1) is 5.41 Å². The molecule has 2 atom stereocenters. The molecule has 8 heteroatoms. The number of hydrogen-bond acceptors (Lipinski definition) is 6. The van der Waals surface area contributed by atoms with Crippen LogP contribution in [0.1, 0.15) is 45.5 Å². The van der Waals surface area contributed by atoms with Gasteiger partial charge in [0.2, 0.25) is 11.8 Å². The summed E-state index contributed by atoms with van der Waals surface area (Å²) in [6.45, 7) is 7.82. The minimum atomic E-state index is -0.576. The van der Waals surface area contributed by atoms with Crippen LogP contribution in [0.2, 0.25) is 0 Å². The first-order valence-electron chi connectivity index (χ1n) is 6.52. The van der Waals surface area contributed by atoms with Gasteiger partial charge in [0.25, 0.3) is 0 Å². The highest BCUT2D eigenvalue weighted by Crippen LogP contribution is 2.19. The number of carbonyl (C=O) groups is 1. The van der Waals surface area contributed by atoms with E-state index >= 15 is 0 Å². The van der Waals surface area contributed by atoms with Crippen LogP contribution >= 0.6 is 12.4 Å². The fraction of sp³-hybridized carbons (Fsp3) is 0.769. The van der Waals surface area contributed by atoms with E-state index in [0.29, 0.717) is 11.7 Å². The lowest BCUT2D eigenvalue weighted by Gasteiger charge is -2.29. The lowest BCUT2D eigenvalue weighted by atomic mass is 9.86. The molecule has 0 aliphatic carbocycles. The predicted octanol–water partition coefficient (Wildman–Crippen LogP) is 1.53. The standard InChI is InChI=1S/C13H24N4O3.ClH/c1-8(19-6)11-15-9(20-16-11)7-17(5)12(18)10(14)13(2,3)4;/h8,10H,7,14H2,1-6H3;1H/t8?,10-;/m1./s1. The van der Waals surface area contributed by atoms with Crippen LogP contribution in [-0.4, -0.2) is 41.1 Å². The molecule has 21 heavy (non-hydrogen) atoms. The Bertz CT molecular complexity index is 459. The van der Waals surface area contributed by atoms with Gasteiger partial charge in [0, 0.05) is 14.2 Å². The van der Waals surface area contributed by atoms with Gasteiger partial charge in [-0.25, -0.2) is 0 Å². The number of methoxy groups -OCH3 is 1. The molecule has 0 radical (unpaired) electrons. The van der Waals surface area contributed by atoms with Crippen LogP contribution < -0.4 is 5.73 Å². The number of carbonyl (C=O) groups excluding carboxylic acids is 1. The Labute approximate surface area is 131 Å². The zero-order chi connectivity index (χ0) is 15.5. The van der Waals surface area contributed by atoms with Crippen LogP contribution in [-0.2, 0) is 16.1 Å². The first kappa shape index (κ1) is 19.8. The number of rotatable bonds is 5. The molecule has 122 valence electrons. The van der Waals surface area contributed by atoms with Gasteiger partial charge in [-0.2, -0.15) is 4.98 Å². The summed E-state index contributed by atoms with van der Waals surface area (Å²) >= 11 is 0. The minimum absolute atomic E-state index is 0. The smallest absolute Gasteiger partial charge is 0.246 e. The average Bonchev–Trinajstić information content (AvgIpc) is 2.83. The maximum atomic E-state index is 12.2. The molecule has 0 fully saturated rings. The Morgan fingerprint density at radius 2 is 2.05 bits per heavy atom. The number of aromatic nitrogens is 2. The predicted molar refractivity (Wildman–Crippen MR) is 80.9 cm³/mol. The van der Waals surface area contributed by atoms with Crippen LogP contribution in [0.4, 0.5) is 0 Å². The lowest BCUT2D eigenvalue weighted by Crippen LogP contribution is -2.48. The third-order valence-corrected chi connectivity index (χ3v) is 3.15. The zero-order valence-electron chi connectivity index (χ0n) is 13.4. The van der Waals surface area contributed by atoms with Crippen LogP contribution in [0.25, 0.3) is 0 Å². The van der Waals surface area contributed by atoms with Crippen molar-refractivity contribution >= 4 is 18.3 Å². The van der Waals surface area contributed by atoms with Crippen molar-refractivity contribution in [2.45, 2.75) is 46.4 Å². The van der Waals surface area contributed by atoms with Crippen molar-refractivity contribution in [3.63, 3.8) is 0 Å². The van der Waals surface area contributed by atoms with Crippen molar-refractivity contribution in [1.82, 2.24) is 15.0 Å². The molecule has 1 aromatic rings. The molecule has 1 amide bonds. The van der Waals surface area contributed by atoms with Gasteiger partial charge in [0.15, 0.2) is 5.82 Å². The van der Waals surface area contributed by atoms with Gasteiger partial charge in [0.1, 0.15) is 6.10 Å². The zero-order valence-corrected chi connectivity index (χ0v) is 14.2. The Kier molecular flexibility index (Phi) is 7.29. The Morgan fingerprint density at radius 3 is 2.52 bits per heavy atom. The van der Waals surface area contributed by atoms with Gasteiger partial charge < -0.3 is 19.9 Å². The lowest BCUT2D eigenvalue weighted by molar-refractivity contribution is -0.134. The van der Waals surface area contributed by atoms with Crippen LogP contribution in [0.3, 0.4) is 0 Å². The number of amides is 1. The summed E-state index contributed by atoms with van der Waals surface area (Å²) in [5.74, 6) is 0.668. The summed E-state index contributed by atoms with van der Waals surface area (Å²) in [6.07, 6.45) is -0.245. The van der Waals surface area contributed by atoms with Gasteiger partial charge in [-0.1, -0.05) is 25.9 Å². The Balaban J connectivity index is 0.00000400. The number of nitrogens with zero attached hydrogens (tertiary/aromatic N) is 3. The first-order valence-corrected chi connectivity index (χ1v) is 6.52. The number of ether oxygens (including phenoxy) is 1. The summed E-state index contributed by atoms with van der Waals surface area (Å²) in [5.41, 5.74) is 5.65. The van der Waals surface area contributed by atoms with E-state index in [9.17, 15) is 4.79 Å². The van der Waals surface area contributed by atoms with Gasteiger partial charge in [-0.15, -0.1) is 12.4 Å². The van der Waals surface area contributed by atoms with Crippen LogP contribution in [0.15, 0.2) is 4.52 Å². The van der Waals surface area contributed by atoms with Gasteiger partial charge >= 0.3 is 0 Å². The molecule has 0 bridgehead atoms. The molecule has 0 saturated carbocycles. The van der Waals surface area contributed by atoms with Crippen molar-refractivity contribution in [3.05, 3.63) is 11.7 Å².